The molecule has 0 saturated heterocycles. The van der Waals surface area contributed by atoms with Gasteiger partial charge in [0.1, 0.15) is 5.82 Å². The van der Waals surface area contributed by atoms with Crippen LogP contribution in [0.4, 0.5) is 5.82 Å². The number of hydrogen-bond acceptors (Lipinski definition) is 4. The SMILES string of the molecule is CCC(CN)C(=O)Nc1ccnc(Cl)n1. The van der Waals surface area contributed by atoms with Gasteiger partial charge in [-0.2, -0.15) is 0 Å². The van der Waals surface area contributed by atoms with E-state index in [0.29, 0.717) is 18.8 Å². The maximum atomic E-state index is 11.6. The van der Waals surface area contributed by atoms with Crippen molar-refractivity contribution in [1.82, 2.24) is 9.97 Å². The number of hydrogen-bond donors (Lipinski definition) is 2. The Balaban J connectivity index is 2.65. The third-order valence-corrected chi connectivity index (χ3v) is 2.21. The van der Waals surface area contributed by atoms with Crippen LogP contribution in [0.1, 0.15) is 13.3 Å². The van der Waals surface area contributed by atoms with Gasteiger partial charge in [0.05, 0.1) is 5.92 Å². The van der Waals surface area contributed by atoms with Crippen molar-refractivity contribution >= 4 is 23.3 Å². The summed E-state index contributed by atoms with van der Waals surface area (Å²) in [7, 11) is 0. The maximum Gasteiger partial charge on any atom is 0.229 e. The third-order valence-electron chi connectivity index (χ3n) is 2.03. The summed E-state index contributed by atoms with van der Waals surface area (Å²) >= 11 is 5.58. The van der Waals surface area contributed by atoms with Crippen molar-refractivity contribution < 1.29 is 4.79 Å². The van der Waals surface area contributed by atoms with Crippen LogP contribution in [0, 0.1) is 5.92 Å². The number of rotatable bonds is 4. The van der Waals surface area contributed by atoms with Gasteiger partial charge in [0.25, 0.3) is 0 Å². The highest BCUT2D eigenvalue weighted by Gasteiger charge is 2.14. The topological polar surface area (TPSA) is 80.9 Å². The second kappa shape index (κ2) is 5.63. The van der Waals surface area contributed by atoms with Gasteiger partial charge in [-0.3, -0.25) is 4.79 Å². The van der Waals surface area contributed by atoms with Gasteiger partial charge < -0.3 is 11.1 Å². The second-order valence-electron chi connectivity index (χ2n) is 3.04. The molecular weight excluding hydrogens is 216 g/mol. The predicted molar refractivity (Wildman–Crippen MR) is 58.5 cm³/mol. The van der Waals surface area contributed by atoms with Gasteiger partial charge in [-0.05, 0) is 24.1 Å². The van der Waals surface area contributed by atoms with Gasteiger partial charge in [-0.15, -0.1) is 0 Å². The Morgan fingerprint density at radius 3 is 3.00 bits per heavy atom. The van der Waals surface area contributed by atoms with E-state index in [4.69, 9.17) is 17.3 Å². The van der Waals surface area contributed by atoms with E-state index in [1.54, 1.807) is 6.07 Å². The molecule has 82 valence electrons. The molecule has 1 aromatic heterocycles. The van der Waals surface area contributed by atoms with Crippen molar-refractivity contribution in [2.75, 3.05) is 11.9 Å². The molecule has 0 saturated carbocycles. The molecule has 1 amide bonds. The van der Waals surface area contributed by atoms with Crippen LogP contribution in [0.2, 0.25) is 5.28 Å². The summed E-state index contributed by atoms with van der Waals surface area (Å²) in [5.74, 6) is 0.0559. The largest absolute Gasteiger partial charge is 0.330 e. The fraction of sp³-hybridized carbons (Fsp3) is 0.444. The smallest absolute Gasteiger partial charge is 0.229 e. The quantitative estimate of drug-likeness (QED) is 0.755. The highest BCUT2D eigenvalue weighted by atomic mass is 35.5. The Morgan fingerprint density at radius 2 is 2.47 bits per heavy atom. The van der Waals surface area contributed by atoms with Crippen molar-refractivity contribution in [3.8, 4) is 0 Å². The van der Waals surface area contributed by atoms with E-state index in [0.717, 1.165) is 0 Å². The first-order chi connectivity index (χ1) is 7.17. The monoisotopic (exact) mass is 228 g/mol. The molecule has 0 aliphatic heterocycles. The van der Waals surface area contributed by atoms with Crippen LogP contribution >= 0.6 is 11.6 Å². The highest BCUT2D eigenvalue weighted by Crippen LogP contribution is 2.09. The summed E-state index contributed by atoms with van der Waals surface area (Å²) in [5.41, 5.74) is 5.45. The molecular formula is C9H13ClN4O. The number of carbonyl (C=O) groups is 1. The van der Waals surface area contributed by atoms with Gasteiger partial charge in [-0.1, -0.05) is 6.92 Å². The summed E-state index contributed by atoms with van der Waals surface area (Å²) in [6, 6.07) is 1.58. The molecule has 3 N–H and O–H groups in total. The lowest BCUT2D eigenvalue weighted by Crippen LogP contribution is -2.28. The third kappa shape index (κ3) is 3.45. The van der Waals surface area contributed by atoms with Crippen LogP contribution in [0.5, 0.6) is 0 Å². The van der Waals surface area contributed by atoms with Gasteiger partial charge in [0.2, 0.25) is 11.2 Å². The predicted octanol–water partition coefficient (Wildman–Crippen LogP) is 1.05. The van der Waals surface area contributed by atoms with E-state index in [1.807, 2.05) is 6.92 Å². The molecule has 0 aliphatic rings. The number of anilines is 1. The average Bonchev–Trinajstić information content (AvgIpc) is 2.19. The summed E-state index contributed by atoms with van der Waals surface area (Å²) in [5, 5.41) is 2.74. The lowest BCUT2D eigenvalue weighted by molar-refractivity contribution is -0.119. The van der Waals surface area contributed by atoms with Crippen molar-refractivity contribution in [2.45, 2.75) is 13.3 Å². The van der Waals surface area contributed by atoms with Crippen LogP contribution in [0.15, 0.2) is 12.3 Å². The van der Waals surface area contributed by atoms with Crippen molar-refractivity contribution in [2.24, 2.45) is 11.7 Å². The van der Waals surface area contributed by atoms with E-state index in [2.05, 4.69) is 15.3 Å². The van der Waals surface area contributed by atoms with Crippen LogP contribution in [-0.2, 0) is 4.79 Å². The zero-order valence-electron chi connectivity index (χ0n) is 8.40. The van der Waals surface area contributed by atoms with Crippen LogP contribution in [-0.4, -0.2) is 22.4 Å². The first-order valence-corrected chi connectivity index (χ1v) is 5.04. The molecule has 0 spiro atoms. The molecule has 6 heteroatoms. The molecule has 0 radical (unpaired) electrons. The minimum Gasteiger partial charge on any atom is -0.330 e. The summed E-state index contributed by atoms with van der Waals surface area (Å²) in [6.07, 6.45) is 2.18. The summed E-state index contributed by atoms with van der Waals surface area (Å²) in [6.45, 7) is 2.23. The fourth-order valence-corrected chi connectivity index (χ4v) is 1.24. The number of carbonyl (C=O) groups excluding carboxylic acids is 1. The Bertz CT molecular complexity index is 341. The number of halogens is 1. The van der Waals surface area contributed by atoms with Crippen LogP contribution < -0.4 is 11.1 Å². The number of nitrogens with zero attached hydrogens (tertiary/aromatic N) is 2. The Labute approximate surface area is 93.0 Å². The molecule has 1 heterocycles. The molecule has 1 rings (SSSR count). The van der Waals surface area contributed by atoms with Crippen molar-refractivity contribution in [3.05, 3.63) is 17.5 Å². The number of aromatic nitrogens is 2. The van der Waals surface area contributed by atoms with E-state index in [1.165, 1.54) is 6.20 Å². The Morgan fingerprint density at radius 1 is 1.73 bits per heavy atom. The van der Waals surface area contributed by atoms with Crippen LogP contribution in [0.25, 0.3) is 0 Å². The molecule has 1 atom stereocenters. The van der Waals surface area contributed by atoms with E-state index < -0.39 is 0 Å². The number of nitrogens with one attached hydrogen (secondary N) is 1. The lowest BCUT2D eigenvalue weighted by Gasteiger charge is -2.11. The minimum absolute atomic E-state index is 0.105. The van der Waals surface area contributed by atoms with Gasteiger partial charge in [0, 0.05) is 12.7 Å². The first kappa shape index (κ1) is 11.9. The minimum atomic E-state index is -0.196. The Kier molecular flexibility index (Phi) is 4.45. The van der Waals surface area contributed by atoms with Crippen molar-refractivity contribution in [3.63, 3.8) is 0 Å². The molecule has 1 aromatic rings. The molecule has 0 bridgehead atoms. The molecule has 0 aliphatic carbocycles. The standard InChI is InChI=1S/C9H13ClN4O/c1-2-6(5-11)8(15)13-7-3-4-12-9(10)14-7/h3-4,6H,2,5,11H2,1H3,(H,12,13,14,15). The molecule has 0 aromatic carbocycles. The van der Waals surface area contributed by atoms with E-state index >= 15 is 0 Å². The lowest BCUT2D eigenvalue weighted by atomic mass is 10.1. The molecule has 15 heavy (non-hydrogen) atoms. The fourth-order valence-electron chi connectivity index (χ4n) is 1.09. The molecule has 1 unspecified atom stereocenters. The summed E-state index contributed by atoms with van der Waals surface area (Å²) < 4.78 is 0. The van der Waals surface area contributed by atoms with Gasteiger partial charge in [-0.25, -0.2) is 9.97 Å². The van der Waals surface area contributed by atoms with Gasteiger partial charge >= 0.3 is 0 Å². The normalized spacial score (nSPS) is 12.2. The second-order valence-corrected chi connectivity index (χ2v) is 3.38. The first-order valence-electron chi connectivity index (χ1n) is 4.66. The molecule has 0 fully saturated rings. The average molecular weight is 229 g/mol. The number of amides is 1. The highest BCUT2D eigenvalue weighted by molar-refractivity contribution is 6.28. The van der Waals surface area contributed by atoms with E-state index in [9.17, 15) is 4.79 Å². The summed E-state index contributed by atoms with van der Waals surface area (Å²) in [4.78, 5) is 19.1. The zero-order valence-corrected chi connectivity index (χ0v) is 9.16. The number of nitrogens with two attached hydrogens (primary N) is 1. The Hall–Kier alpha value is -1.20. The van der Waals surface area contributed by atoms with Crippen LogP contribution in [0.3, 0.4) is 0 Å². The zero-order chi connectivity index (χ0) is 11.3. The van der Waals surface area contributed by atoms with Crippen molar-refractivity contribution in [1.29, 1.82) is 0 Å². The maximum absolute atomic E-state index is 11.6. The molecule has 5 nitrogen and oxygen atoms in total. The van der Waals surface area contributed by atoms with Gasteiger partial charge in [0.15, 0.2) is 0 Å². The van der Waals surface area contributed by atoms with E-state index in [-0.39, 0.29) is 17.1 Å².